The number of aryl methyl sites for hydroxylation is 2. The van der Waals surface area contributed by atoms with Crippen molar-refractivity contribution in [1.29, 1.82) is 0 Å². The van der Waals surface area contributed by atoms with Crippen LogP contribution in [0.15, 0.2) is 42.5 Å². The molecular formula is C18H20ClNO2. The topological polar surface area (TPSA) is 49.3 Å². The van der Waals surface area contributed by atoms with Crippen molar-refractivity contribution >= 4 is 17.6 Å². The molecule has 0 aliphatic heterocycles. The lowest BCUT2D eigenvalue weighted by Gasteiger charge is -2.17. The van der Waals surface area contributed by atoms with Gasteiger partial charge < -0.3 is 5.11 Å². The van der Waals surface area contributed by atoms with Crippen LogP contribution in [0.25, 0.3) is 0 Å². The highest BCUT2D eigenvalue weighted by Gasteiger charge is 2.18. The van der Waals surface area contributed by atoms with Crippen molar-refractivity contribution < 1.29 is 9.90 Å². The average Bonchev–Trinajstić information content (AvgIpc) is 2.45. The van der Waals surface area contributed by atoms with Gasteiger partial charge in [0.1, 0.15) is 6.04 Å². The average molecular weight is 318 g/mol. The maximum Gasteiger partial charge on any atom is 0.321 e. The molecule has 2 aromatic carbocycles. The highest BCUT2D eigenvalue weighted by Crippen LogP contribution is 2.20. The second-order valence-corrected chi connectivity index (χ2v) is 5.92. The van der Waals surface area contributed by atoms with Crippen molar-refractivity contribution in [3.63, 3.8) is 0 Å². The van der Waals surface area contributed by atoms with Gasteiger partial charge in [-0.1, -0.05) is 41.9 Å². The van der Waals surface area contributed by atoms with Gasteiger partial charge in [0.15, 0.2) is 0 Å². The molecule has 0 aromatic heterocycles. The summed E-state index contributed by atoms with van der Waals surface area (Å²) in [6, 6.07) is 12.8. The maximum absolute atomic E-state index is 11.5. The molecule has 0 radical (unpaired) electrons. The summed E-state index contributed by atoms with van der Waals surface area (Å²) in [4.78, 5) is 11.5. The Morgan fingerprint density at radius 2 is 1.77 bits per heavy atom. The largest absolute Gasteiger partial charge is 0.480 e. The van der Waals surface area contributed by atoms with Crippen molar-refractivity contribution in [3.8, 4) is 0 Å². The van der Waals surface area contributed by atoms with Crippen LogP contribution in [0.2, 0.25) is 5.02 Å². The summed E-state index contributed by atoms with van der Waals surface area (Å²) in [5.41, 5.74) is 4.25. The number of hydrogen-bond donors (Lipinski definition) is 2. The number of hydrogen-bond acceptors (Lipinski definition) is 2. The minimum Gasteiger partial charge on any atom is -0.480 e. The summed E-state index contributed by atoms with van der Waals surface area (Å²) in [6.07, 6.45) is 0.460. The molecule has 0 spiro atoms. The zero-order valence-corrected chi connectivity index (χ0v) is 13.5. The number of benzene rings is 2. The van der Waals surface area contributed by atoms with E-state index in [4.69, 9.17) is 11.6 Å². The summed E-state index contributed by atoms with van der Waals surface area (Å²) in [7, 11) is 0. The normalized spacial score (nSPS) is 12.1. The van der Waals surface area contributed by atoms with Gasteiger partial charge >= 0.3 is 5.97 Å². The lowest BCUT2D eigenvalue weighted by atomic mass is 10.0. The number of halogens is 1. The number of nitrogens with one attached hydrogen (secondary N) is 1. The van der Waals surface area contributed by atoms with Gasteiger partial charge in [-0.05, 0) is 54.7 Å². The first-order valence-corrected chi connectivity index (χ1v) is 7.61. The molecule has 0 bridgehead atoms. The highest BCUT2D eigenvalue weighted by atomic mass is 35.5. The second kappa shape index (κ2) is 7.43. The summed E-state index contributed by atoms with van der Waals surface area (Å²) in [5, 5.41) is 13.3. The fourth-order valence-electron chi connectivity index (χ4n) is 2.54. The standard InChI is InChI=1S/C18H20ClNO2/c1-12-8-15(19)9-13(2)16(12)11-20-17(18(21)22)10-14-6-4-3-5-7-14/h3-9,17,20H,10-11H2,1-2H3,(H,21,22)/t17-/m1/s1. The molecule has 0 unspecified atom stereocenters. The van der Waals surface area contributed by atoms with E-state index in [9.17, 15) is 9.90 Å². The molecule has 2 N–H and O–H groups in total. The second-order valence-electron chi connectivity index (χ2n) is 5.48. The van der Waals surface area contributed by atoms with E-state index in [1.54, 1.807) is 0 Å². The number of carboxylic acid groups (broad SMARTS) is 1. The first-order valence-electron chi connectivity index (χ1n) is 7.23. The Labute approximate surface area is 135 Å². The molecule has 2 rings (SSSR count). The van der Waals surface area contributed by atoms with E-state index in [0.717, 1.165) is 22.3 Å². The molecule has 0 amide bonds. The third-order valence-electron chi connectivity index (χ3n) is 3.77. The minimum atomic E-state index is -0.840. The van der Waals surface area contributed by atoms with Crippen LogP contribution in [0.1, 0.15) is 22.3 Å². The number of aliphatic carboxylic acids is 1. The van der Waals surface area contributed by atoms with Crippen LogP contribution in [0.5, 0.6) is 0 Å². The molecule has 0 heterocycles. The van der Waals surface area contributed by atoms with Crippen molar-refractivity contribution in [2.75, 3.05) is 0 Å². The Bertz CT molecular complexity index is 632. The monoisotopic (exact) mass is 317 g/mol. The Morgan fingerprint density at radius 3 is 2.32 bits per heavy atom. The van der Waals surface area contributed by atoms with Gasteiger partial charge in [0.2, 0.25) is 0 Å². The molecule has 22 heavy (non-hydrogen) atoms. The van der Waals surface area contributed by atoms with Crippen molar-refractivity contribution in [2.45, 2.75) is 32.9 Å². The van der Waals surface area contributed by atoms with Crippen LogP contribution in [0.4, 0.5) is 0 Å². The van der Waals surface area contributed by atoms with Crippen LogP contribution >= 0.6 is 11.6 Å². The molecule has 3 nitrogen and oxygen atoms in total. The first kappa shape index (κ1) is 16.5. The highest BCUT2D eigenvalue weighted by molar-refractivity contribution is 6.30. The third-order valence-corrected chi connectivity index (χ3v) is 3.99. The van der Waals surface area contributed by atoms with Gasteiger partial charge in [0.25, 0.3) is 0 Å². The number of rotatable bonds is 6. The lowest BCUT2D eigenvalue weighted by molar-refractivity contribution is -0.139. The molecular weight excluding hydrogens is 298 g/mol. The van der Waals surface area contributed by atoms with Gasteiger partial charge in [0.05, 0.1) is 0 Å². The Balaban J connectivity index is 2.08. The Kier molecular flexibility index (Phi) is 5.58. The van der Waals surface area contributed by atoms with Crippen LogP contribution in [-0.2, 0) is 17.8 Å². The Morgan fingerprint density at radius 1 is 1.18 bits per heavy atom. The molecule has 0 aliphatic carbocycles. The third kappa shape index (κ3) is 4.33. The molecule has 0 saturated carbocycles. The van der Waals surface area contributed by atoms with E-state index < -0.39 is 12.0 Å². The van der Waals surface area contributed by atoms with Crippen LogP contribution < -0.4 is 5.32 Å². The summed E-state index contributed by atoms with van der Waals surface area (Å²) in [6.45, 7) is 4.49. The quantitative estimate of drug-likeness (QED) is 0.853. The fourth-order valence-corrected chi connectivity index (χ4v) is 2.87. The SMILES string of the molecule is Cc1cc(Cl)cc(C)c1CN[C@H](Cc1ccccc1)C(=O)O. The lowest BCUT2D eigenvalue weighted by Crippen LogP contribution is -2.38. The van der Waals surface area contributed by atoms with Crippen molar-refractivity contribution in [2.24, 2.45) is 0 Å². The zero-order valence-electron chi connectivity index (χ0n) is 12.8. The molecule has 0 aliphatic rings. The van der Waals surface area contributed by atoms with E-state index in [1.165, 1.54) is 0 Å². The van der Waals surface area contributed by atoms with Gasteiger partial charge in [-0.25, -0.2) is 0 Å². The maximum atomic E-state index is 11.5. The van der Waals surface area contributed by atoms with Gasteiger partial charge in [-0.15, -0.1) is 0 Å². The first-order chi connectivity index (χ1) is 10.5. The predicted octanol–water partition coefficient (Wildman–Crippen LogP) is 3.74. The van der Waals surface area contributed by atoms with E-state index in [-0.39, 0.29) is 0 Å². The summed E-state index contributed by atoms with van der Waals surface area (Å²) < 4.78 is 0. The minimum absolute atomic E-state index is 0.460. The number of carboxylic acids is 1. The van der Waals surface area contributed by atoms with Gasteiger partial charge in [-0.3, -0.25) is 10.1 Å². The Hall–Kier alpha value is -1.84. The van der Waals surface area contributed by atoms with E-state index in [0.29, 0.717) is 18.0 Å². The van der Waals surface area contributed by atoms with E-state index >= 15 is 0 Å². The molecule has 4 heteroatoms. The summed E-state index contributed by atoms with van der Waals surface area (Å²) in [5.74, 6) is -0.840. The van der Waals surface area contributed by atoms with Gasteiger partial charge in [0, 0.05) is 11.6 Å². The fraction of sp³-hybridized carbons (Fsp3) is 0.278. The zero-order chi connectivity index (χ0) is 16.1. The van der Waals surface area contributed by atoms with E-state index in [2.05, 4.69) is 5.32 Å². The van der Waals surface area contributed by atoms with Crippen molar-refractivity contribution in [1.82, 2.24) is 5.32 Å². The smallest absolute Gasteiger partial charge is 0.321 e. The van der Waals surface area contributed by atoms with Crippen LogP contribution in [-0.4, -0.2) is 17.1 Å². The summed E-state index contributed by atoms with van der Waals surface area (Å²) >= 11 is 6.03. The molecule has 0 saturated heterocycles. The van der Waals surface area contributed by atoms with Crippen LogP contribution in [0, 0.1) is 13.8 Å². The van der Waals surface area contributed by atoms with Gasteiger partial charge in [-0.2, -0.15) is 0 Å². The van der Waals surface area contributed by atoms with E-state index in [1.807, 2.05) is 56.3 Å². The molecule has 0 fully saturated rings. The molecule has 116 valence electrons. The molecule has 1 atom stereocenters. The predicted molar refractivity (Wildman–Crippen MR) is 89.3 cm³/mol. The van der Waals surface area contributed by atoms with Crippen molar-refractivity contribution in [3.05, 3.63) is 69.7 Å². The van der Waals surface area contributed by atoms with Crippen LogP contribution in [0.3, 0.4) is 0 Å². The number of carbonyl (C=O) groups is 1. The molecule has 2 aromatic rings.